The van der Waals surface area contributed by atoms with Crippen molar-refractivity contribution >= 4 is 17.8 Å². The average Bonchev–Trinajstić information content (AvgIpc) is 3.08. The van der Waals surface area contributed by atoms with Gasteiger partial charge in [0.25, 0.3) is 0 Å². The van der Waals surface area contributed by atoms with Gasteiger partial charge in [0, 0.05) is 18.1 Å². The fraction of sp³-hybridized carbons (Fsp3) is 0.316. The molecule has 1 amide bonds. The number of benzene rings is 1. The zero-order valence-electron chi connectivity index (χ0n) is 16.5. The number of imidazole rings is 1. The second kappa shape index (κ2) is 9.42. The summed E-state index contributed by atoms with van der Waals surface area (Å²) in [5, 5.41) is 12.9. The highest BCUT2D eigenvalue weighted by atomic mass is 19.4. The van der Waals surface area contributed by atoms with Crippen molar-refractivity contribution in [3.8, 4) is 0 Å². The number of aryl methyl sites for hydroxylation is 1. The third-order valence-corrected chi connectivity index (χ3v) is 4.04. The van der Waals surface area contributed by atoms with Gasteiger partial charge in [-0.15, -0.1) is 0 Å². The molecule has 0 aliphatic carbocycles. The molecule has 1 aromatic carbocycles. The van der Waals surface area contributed by atoms with E-state index in [0.29, 0.717) is 5.69 Å². The first-order valence-electron chi connectivity index (χ1n) is 8.90. The summed E-state index contributed by atoms with van der Waals surface area (Å²) >= 11 is 0. The maximum atomic E-state index is 13.1. The summed E-state index contributed by atoms with van der Waals surface area (Å²) in [6, 6.07) is 4.27. The van der Waals surface area contributed by atoms with Gasteiger partial charge < -0.3 is 25.3 Å². The number of nitrogens with one attached hydrogen (secondary N) is 3. The summed E-state index contributed by atoms with van der Waals surface area (Å²) in [7, 11) is 0. The normalized spacial score (nSPS) is 13.3. The molecule has 0 radical (unpaired) electrons. The molecule has 0 spiro atoms. The number of nitrogens with zero attached hydrogens (tertiary/aromatic N) is 2. The van der Waals surface area contributed by atoms with Crippen LogP contribution < -0.4 is 10.6 Å². The Kier molecular flexibility index (Phi) is 7.19. The van der Waals surface area contributed by atoms with E-state index in [4.69, 9.17) is 10.1 Å². The lowest BCUT2D eigenvalue weighted by molar-refractivity contribution is -0.141. The van der Waals surface area contributed by atoms with Gasteiger partial charge in [0.05, 0.1) is 6.61 Å². The van der Waals surface area contributed by atoms with Crippen LogP contribution in [0.4, 0.5) is 23.2 Å². The van der Waals surface area contributed by atoms with Gasteiger partial charge in [-0.05, 0) is 45.0 Å². The number of alkyl halides is 3. The van der Waals surface area contributed by atoms with Crippen molar-refractivity contribution in [3.63, 3.8) is 0 Å². The van der Waals surface area contributed by atoms with E-state index >= 15 is 0 Å². The molecule has 0 saturated heterocycles. The summed E-state index contributed by atoms with van der Waals surface area (Å²) in [5.74, 6) is -1.08. The summed E-state index contributed by atoms with van der Waals surface area (Å²) in [6.45, 7) is 4.64. The van der Waals surface area contributed by atoms with Gasteiger partial charge >= 0.3 is 6.18 Å². The number of amides is 1. The quantitative estimate of drug-likeness (QED) is 0.337. The number of rotatable bonds is 8. The number of hydrogen-bond acceptors (Lipinski definition) is 5. The second-order valence-corrected chi connectivity index (χ2v) is 6.20. The van der Waals surface area contributed by atoms with Crippen LogP contribution in [0.25, 0.3) is 0 Å². The molecule has 11 heteroatoms. The summed E-state index contributed by atoms with van der Waals surface area (Å²) in [5.41, 5.74) is -0.705. The van der Waals surface area contributed by atoms with Crippen LogP contribution in [0.2, 0.25) is 0 Å². The summed E-state index contributed by atoms with van der Waals surface area (Å²) in [6.07, 6.45) is -3.05. The van der Waals surface area contributed by atoms with E-state index in [-0.39, 0.29) is 24.0 Å². The lowest BCUT2D eigenvalue weighted by Crippen LogP contribution is -2.33. The molecule has 0 saturated carbocycles. The first kappa shape index (κ1) is 22.9. The van der Waals surface area contributed by atoms with Gasteiger partial charge in [0.1, 0.15) is 23.4 Å². The van der Waals surface area contributed by atoms with E-state index in [1.54, 1.807) is 6.92 Å². The smallest absolute Gasteiger partial charge is 0.434 e. The molecule has 1 atom stereocenters. The third-order valence-electron chi connectivity index (χ3n) is 4.04. The molecule has 1 aromatic heterocycles. The predicted molar refractivity (Wildman–Crippen MR) is 102 cm³/mol. The molecular formula is C19H21F4N5O2. The van der Waals surface area contributed by atoms with Crippen LogP contribution in [0.15, 0.2) is 42.0 Å². The number of halogens is 4. The van der Waals surface area contributed by atoms with Crippen molar-refractivity contribution in [1.29, 1.82) is 5.41 Å². The third kappa shape index (κ3) is 5.58. The number of carbonyl (C=O) groups excluding carboxylic acids is 1. The fourth-order valence-corrected chi connectivity index (χ4v) is 2.53. The molecule has 0 aliphatic heterocycles. The molecule has 162 valence electrons. The Morgan fingerprint density at radius 1 is 1.33 bits per heavy atom. The zero-order chi connectivity index (χ0) is 22.5. The number of allylic oxidation sites excluding steroid dienone is 1. The van der Waals surface area contributed by atoms with E-state index in [0.717, 1.165) is 17.0 Å². The van der Waals surface area contributed by atoms with Crippen LogP contribution in [-0.2, 0) is 15.7 Å². The largest absolute Gasteiger partial charge is 0.478 e. The van der Waals surface area contributed by atoms with Gasteiger partial charge in [-0.3, -0.25) is 4.79 Å². The fourth-order valence-electron chi connectivity index (χ4n) is 2.53. The summed E-state index contributed by atoms with van der Waals surface area (Å²) < 4.78 is 58.2. The standard InChI is InChI=1S/C19H21F4N5O2/c1-4-30-18(26-14-7-5-13(20)6-8-14)15(9-24)27-17(29)11(2)28-10-16(19(21,22)23)25-12(28)3/h5-11,24,26H,4H2,1-3H3,(H,27,29)/b18-15-,24-9?. The maximum absolute atomic E-state index is 13.1. The monoisotopic (exact) mass is 427 g/mol. The van der Waals surface area contributed by atoms with Gasteiger partial charge in [0.15, 0.2) is 5.69 Å². The first-order chi connectivity index (χ1) is 14.1. The molecule has 1 heterocycles. The molecule has 3 N–H and O–H groups in total. The Balaban J connectivity index is 2.26. The Labute approximate surface area is 170 Å². The highest BCUT2D eigenvalue weighted by Gasteiger charge is 2.35. The number of hydrogen-bond donors (Lipinski definition) is 3. The van der Waals surface area contributed by atoms with E-state index in [1.165, 1.54) is 38.1 Å². The van der Waals surface area contributed by atoms with Gasteiger partial charge in [-0.2, -0.15) is 13.2 Å². The number of anilines is 1. The molecule has 2 aromatic rings. The van der Waals surface area contributed by atoms with Crippen LogP contribution in [0.3, 0.4) is 0 Å². The number of ether oxygens (including phenoxy) is 1. The van der Waals surface area contributed by atoms with Crippen molar-refractivity contribution in [2.75, 3.05) is 11.9 Å². The van der Waals surface area contributed by atoms with E-state index in [9.17, 15) is 22.4 Å². The van der Waals surface area contributed by atoms with Crippen molar-refractivity contribution in [1.82, 2.24) is 14.9 Å². The molecular weight excluding hydrogens is 406 g/mol. The van der Waals surface area contributed by atoms with Gasteiger partial charge in [-0.25, -0.2) is 9.37 Å². The van der Waals surface area contributed by atoms with Crippen molar-refractivity contribution in [2.24, 2.45) is 0 Å². The van der Waals surface area contributed by atoms with E-state index in [1.807, 2.05) is 0 Å². The van der Waals surface area contributed by atoms with Crippen LogP contribution in [0, 0.1) is 18.2 Å². The Bertz CT molecular complexity index is 935. The molecule has 2 rings (SSSR count). The summed E-state index contributed by atoms with van der Waals surface area (Å²) in [4.78, 5) is 16.1. The minimum Gasteiger partial charge on any atom is -0.478 e. The average molecular weight is 427 g/mol. The van der Waals surface area contributed by atoms with Gasteiger partial charge in [0.2, 0.25) is 11.8 Å². The molecule has 1 unspecified atom stereocenters. The minimum atomic E-state index is -4.63. The van der Waals surface area contributed by atoms with Crippen molar-refractivity contribution in [2.45, 2.75) is 33.0 Å². The molecule has 0 fully saturated rings. The van der Waals surface area contributed by atoms with Crippen LogP contribution in [-0.4, -0.2) is 28.3 Å². The SMILES string of the molecule is CCO/C(Nc1ccc(F)cc1)=C(/C=N)NC(=O)C(C)n1cc(C(F)(F)F)nc1C. The number of carbonyl (C=O) groups is 1. The van der Waals surface area contributed by atoms with E-state index in [2.05, 4.69) is 15.6 Å². The predicted octanol–water partition coefficient (Wildman–Crippen LogP) is 3.99. The highest BCUT2D eigenvalue weighted by molar-refractivity contribution is 5.89. The highest BCUT2D eigenvalue weighted by Crippen LogP contribution is 2.29. The zero-order valence-corrected chi connectivity index (χ0v) is 16.5. The second-order valence-electron chi connectivity index (χ2n) is 6.20. The maximum Gasteiger partial charge on any atom is 0.434 e. The minimum absolute atomic E-state index is 0.0137. The molecule has 7 nitrogen and oxygen atoms in total. The topological polar surface area (TPSA) is 92.0 Å². The van der Waals surface area contributed by atoms with Crippen LogP contribution >= 0.6 is 0 Å². The van der Waals surface area contributed by atoms with E-state index < -0.39 is 29.6 Å². The lowest BCUT2D eigenvalue weighted by Gasteiger charge is -2.18. The Hall–Kier alpha value is -3.37. The number of aromatic nitrogens is 2. The molecule has 0 aliphatic rings. The Morgan fingerprint density at radius 3 is 2.47 bits per heavy atom. The molecule has 0 bridgehead atoms. The molecule has 30 heavy (non-hydrogen) atoms. The van der Waals surface area contributed by atoms with Crippen LogP contribution in [0.1, 0.15) is 31.4 Å². The van der Waals surface area contributed by atoms with Crippen molar-refractivity contribution < 1.29 is 27.1 Å². The lowest BCUT2D eigenvalue weighted by atomic mass is 10.2. The van der Waals surface area contributed by atoms with Crippen LogP contribution in [0.5, 0.6) is 0 Å². The van der Waals surface area contributed by atoms with Gasteiger partial charge in [-0.1, -0.05) is 0 Å². The Morgan fingerprint density at radius 2 is 1.97 bits per heavy atom. The first-order valence-corrected chi connectivity index (χ1v) is 8.90. The van der Waals surface area contributed by atoms with Crippen molar-refractivity contribution in [3.05, 3.63) is 59.4 Å².